The van der Waals surface area contributed by atoms with Crippen LogP contribution in [-0.4, -0.2) is 57.8 Å². The van der Waals surface area contributed by atoms with Crippen molar-refractivity contribution in [1.82, 2.24) is 19.4 Å². The number of aromatic nitrogens is 2. The van der Waals surface area contributed by atoms with Gasteiger partial charge in [-0.15, -0.1) is 0 Å². The second-order valence-corrected chi connectivity index (χ2v) is 7.04. The molecule has 6 nitrogen and oxygen atoms in total. The molecule has 6 heteroatoms. The summed E-state index contributed by atoms with van der Waals surface area (Å²) in [5.74, 6) is -0.0106. The average Bonchev–Trinajstić information content (AvgIpc) is 3.10. The molecule has 2 aromatic carbocycles. The minimum atomic E-state index is -0.0106. The highest BCUT2D eigenvalue weighted by Gasteiger charge is 2.22. The van der Waals surface area contributed by atoms with Gasteiger partial charge in [0.25, 0.3) is 5.91 Å². The van der Waals surface area contributed by atoms with Gasteiger partial charge < -0.3 is 9.80 Å². The Morgan fingerprint density at radius 2 is 1.81 bits per heavy atom. The number of hydrogen-bond acceptors (Lipinski definition) is 3. The van der Waals surface area contributed by atoms with Crippen LogP contribution in [0.3, 0.4) is 0 Å². The highest BCUT2D eigenvalue weighted by Crippen LogP contribution is 2.23. The van der Waals surface area contributed by atoms with Crippen LogP contribution >= 0.6 is 0 Å². The standard InChI is InChI=1S/C21H22N4O2/c1-15-3-5-19(16(2)11-15)25-13-22-18-12-17(4-6-20(18)25)21(27)24-9-7-23(14-26)8-10-24/h3-6,11-14H,7-10H2,1-2H3. The molecular formula is C21H22N4O2. The fraction of sp³-hybridized carbons (Fsp3) is 0.286. The third-order valence-electron chi connectivity index (χ3n) is 5.16. The molecule has 0 spiro atoms. The topological polar surface area (TPSA) is 58.4 Å². The summed E-state index contributed by atoms with van der Waals surface area (Å²) < 4.78 is 2.06. The van der Waals surface area contributed by atoms with Crippen LogP contribution in [0.15, 0.2) is 42.7 Å². The number of nitrogens with zero attached hydrogens (tertiary/aromatic N) is 4. The summed E-state index contributed by atoms with van der Waals surface area (Å²) in [6.45, 7) is 6.46. The van der Waals surface area contributed by atoms with Gasteiger partial charge in [-0.3, -0.25) is 14.2 Å². The molecule has 0 unspecified atom stereocenters. The quantitative estimate of drug-likeness (QED) is 0.673. The van der Waals surface area contributed by atoms with Crippen LogP contribution in [-0.2, 0) is 4.79 Å². The summed E-state index contributed by atoms with van der Waals surface area (Å²) >= 11 is 0. The Kier molecular flexibility index (Phi) is 4.39. The van der Waals surface area contributed by atoms with E-state index in [1.165, 1.54) is 11.1 Å². The Hall–Kier alpha value is -3.15. The Morgan fingerprint density at radius 1 is 1.04 bits per heavy atom. The van der Waals surface area contributed by atoms with Gasteiger partial charge in [-0.25, -0.2) is 4.98 Å². The smallest absolute Gasteiger partial charge is 0.254 e. The molecule has 27 heavy (non-hydrogen) atoms. The zero-order valence-electron chi connectivity index (χ0n) is 15.6. The number of rotatable bonds is 3. The number of benzene rings is 2. The first-order chi connectivity index (χ1) is 13.1. The van der Waals surface area contributed by atoms with Crippen LogP contribution in [0.25, 0.3) is 16.7 Å². The molecule has 138 valence electrons. The highest BCUT2D eigenvalue weighted by atomic mass is 16.2. The number of piperazine rings is 1. The Morgan fingerprint density at radius 3 is 2.52 bits per heavy atom. The second-order valence-electron chi connectivity index (χ2n) is 7.04. The number of aryl methyl sites for hydroxylation is 2. The van der Waals surface area contributed by atoms with Gasteiger partial charge in [-0.2, -0.15) is 0 Å². The molecule has 1 fully saturated rings. The lowest BCUT2D eigenvalue weighted by Crippen LogP contribution is -2.48. The molecule has 1 aliphatic heterocycles. The lowest BCUT2D eigenvalue weighted by molar-refractivity contribution is -0.119. The third kappa shape index (κ3) is 3.18. The zero-order chi connectivity index (χ0) is 19.0. The number of amides is 2. The van der Waals surface area contributed by atoms with Crippen molar-refractivity contribution >= 4 is 23.4 Å². The molecule has 1 saturated heterocycles. The predicted molar refractivity (Wildman–Crippen MR) is 104 cm³/mol. The van der Waals surface area contributed by atoms with Gasteiger partial charge in [0, 0.05) is 31.7 Å². The van der Waals surface area contributed by atoms with E-state index in [0.29, 0.717) is 31.7 Å². The van der Waals surface area contributed by atoms with Crippen LogP contribution < -0.4 is 0 Å². The van der Waals surface area contributed by atoms with Crippen LogP contribution in [0, 0.1) is 13.8 Å². The van der Waals surface area contributed by atoms with Crippen LogP contribution in [0.5, 0.6) is 0 Å². The van der Waals surface area contributed by atoms with Gasteiger partial charge in [0.1, 0.15) is 6.33 Å². The summed E-state index contributed by atoms with van der Waals surface area (Å²) in [7, 11) is 0. The Labute approximate surface area is 158 Å². The van der Waals surface area contributed by atoms with E-state index in [9.17, 15) is 9.59 Å². The van der Waals surface area contributed by atoms with E-state index in [-0.39, 0.29) is 5.91 Å². The van der Waals surface area contributed by atoms with Gasteiger partial charge in [0.2, 0.25) is 6.41 Å². The molecule has 0 N–H and O–H groups in total. The van der Waals surface area contributed by atoms with Crippen molar-refractivity contribution < 1.29 is 9.59 Å². The molecule has 0 atom stereocenters. The van der Waals surface area contributed by atoms with Crippen molar-refractivity contribution in [1.29, 1.82) is 0 Å². The largest absolute Gasteiger partial charge is 0.342 e. The molecule has 1 aromatic heterocycles. The Bertz CT molecular complexity index is 1020. The van der Waals surface area contributed by atoms with Crippen molar-refractivity contribution in [2.45, 2.75) is 13.8 Å². The van der Waals surface area contributed by atoms with E-state index in [1.54, 1.807) is 16.1 Å². The molecular weight excluding hydrogens is 340 g/mol. The van der Waals surface area contributed by atoms with Gasteiger partial charge in [-0.1, -0.05) is 17.7 Å². The van der Waals surface area contributed by atoms with E-state index in [4.69, 9.17) is 0 Å². The molecule has 0 aliphatic carbocycles. The lowest BCUT2D eigenvalue weighted by atomic mass is 10.1. The first-order valence-corrected chi connectivity index (χ1v) is 9.10. The van der Waals surface area contributed by atoms with Crippen molar-refractivity contribution in [2.24, 2.45) is 0 Å². The Balaban J connectivity index is 1.62. The summed E-state index contributed by atoms with van der Waals surface area (Å²) in [6.07, 6.45) is 2.65. The normalized spacial score (nSPS) is 14.6. The van der Waals surface area contributed by atoms with E-state index >= 15 is 0 Å². The van der Waals surface area contributed by atoms with Gasteiger partial charge in [-0.05, 0) is 43.7 Å². The molecule has 4 rings (SSSR count). The van der Waals surface area contributed by atoms with Crippen molar-refractivity contribution in [2.75, 3.05) is 26.2 Å². The number of carbonyl (C=O) groups is 2. The van der Waals surface area contributed by atoms with Crippen molar-refractivity contribution in [3.8, 4) is 5.69 Å². The number of hydrogen-bond donors (Lipinski definition) is 0. The van der Waals surface area contributed by atoms with Crippen molar-refractivity contribution in [3.05, 3.63) is 59.4 Å². The molecule has 3 aromatic rings. The van der Waals surface area contributed by atoms with Crippen LogP contribution in [0.1, 0.15) is 21.5 Å². The maximum Gasteiger partial charge on any atom is 0.254 e. The van der Waals surface area contributed by atoms with E-state index < -0.39 is 0 Å². The summed E-state index contributed by atoms with van der Waals surface area (Å²) in [6, 6.07) is 12.0. The minimum absolute atomic E-state index is 0.0106. The molecule has 0 saturated carbocycles. The van der Waals surface area contributed by atoms with Gasteiger partial charge >= 0.3 is 0 Å². The zero-order valence-corrected chi connectivity index (χ0v) is 15.6. The highest BCUT2D eigenvalue weighted by molar-refractivity contribution is 5.97. The van der Waals surface area contributed by atoms with Gasteiger partial charge in [0.05, 0.1) is 16.7 Å². The van der Waals surface area contributed by atoms with Crippen molar-refractivity contribution in [3.63, 3.8) is 0 Å². The first-order valence-electron chi connectivity index (χ1n) is 9.10. The predicted octanol–water partition coefficient (Wildman–Crippen LogP) is 2.56. The molecule has 0 radical (unpaired) electrons. The maximum atomic E-state index is 12.8. The fourth-order valence-electron chi connectivity index (χ4n) is 3.63. The molecule has 0 bridgehead atoms. The summed E-state index contributed by atoms with van der Waals surface area (Å²) in [5.41, 5.74) is 5.91. The number of carbonyl (C=O) groups excluding carboxylic acids is 2. The monoisotopic (exact) mass is 362 g/mol. The minimum Gasteiger partial charge on any atom is -0.342 e. The summed E-state index contributed by atoms with van der Waals surface area (Å²) in [5, 5.41) is 0. The third-order valence-corrected chi connectivity index (χ3v) is 5.16. The molecule has 1 aliphatic rings. The van der Waals surface area contributed by atoms with E-state index in [1.807, 2.05) is 18.2 Å². The van der Waals surface area contributed by atoms with Crippen LogP contribution in [0.4, 0.5) is 0 Å². The maximum absolute atomic E-state index is 12.8. The SMILES string of the molecule is Cc1ccc(-n2cnc3cc(C(=O)N4CCN(C=O)CC4)ccc32)c(C)c1. The molecule has 2 heterocycles. The fourth-order valence-corrected chi connectivity index (χ4v) is 3.63. The first kappa shape index (κ1) is 17.3. The molecule has 2 amide bonds. The van der Waals surface area contributed by atoms with E-state index in [2.05, 4.69) is 41.6 Å². The lowest BCUT2D eigenvalue weighted by Gasteiger charge is -2.32. The average molecular weight is 362 g/mol. The van der Waals surface area contributed by atoms with Gasteiger partial charge in [0.15, 0.2) is 0 Å². The number of imidazole rings is 1. The summed E-state index contributed by atoms with van der Waals surface area (Å²) in [4.78, 5) is 31.6. The number of fused-ring (bicyclic) bond motifs is 1. The van der Waals surface area contributed by atoms with E-state index in [0.717, 1.165) is 23.1 Å². The van der Waals surface area contributed by atoms with Crippen LogP contribution in [0.2, 0.25) is 0 Å². The second kappa shape index (κ2) is 6.87.